The van der Waals surface area contributed by atoms with E-state index in [-0.39, 0.29) is 0 Å². The number of piperidine rings is 1. The molecule has 1 aliphatic rings. The normalized spacial score (nSPS) is 18.6. The van der Waals surface area contributed by atoms with Crippen LogP contribution >= 0.6 is 11.3 Å². The molecular weight excluding hydrogens is 324 g/mol. The highest BCUT2D eigenvalue weighted by Gasteiger charge is 2.21. The minimum absolute atomic E-state index is 0.323. The van der Waals surface area contributed by atoms with E-state index in [2.05, 4.69) is 39.6 Å². The van der Waals surface area contributed by atoms with E-state index in [4.69, 9.17) is 5.73 Å². The van der Waals surface area contributed by atoms with Gasteiger partial charge < -0.3 is 11.1 Å². The quantitative estimate of drug-likeness (QED) is 0.832. The Morgan fingerprint density at radius 1 is 1.50 bits per heavy atom. The van der Waals surface area contributed by atoms with Crippen LogP contribution in [-0.2, 0) is 19.6 Å². The molecule has 0 radical (unpaired) electrons. The topological polar surface area (TPSA) is 89.1 Å². The van der Waals surface area contributed by atoms with Gasteiger partial charge in [-0.3, -0.25) is 9.58 Å². The van der Waals surface area contributed by atoms with Crippen LogP contribution in [-0.4, -0.2) is 39.0 Å². The summed E-state index contributed by atoms with van der Waals surface area (Å²) >= 11 is 1.88. The molecule has 2 aromatic rings. The number of likely N-dealkylation sites (tertiary alicyclic amines) is 1. The molecule has 2 amide bonds. The first kappa shape index (κ1) is 16.9. The van der Waals surface area contributed by atoms with Crippen LogP contribution in [0.25, 0.3) is 0 Å². The Morgan fingerprint density at radius 2 is 2.38 bits per heavy atom. The molecule has 3 N–H and O–H groups in total. The third-order valence-electron chi connectivity index (χ3n) is 4.25. The van der Waals surface area contributed by atoms with Crippen LogP contribution in [0, 0.1) is 12.8 Å². The van der Waals surface area contributed by atoms with Gasteiger partial charge in [0.1, 0.15) is 5.69 Å². The highest BCUT2D eigenvalue weighted by molar-refractivity contribution is 7.11. The number of hydrogen-bond acceptors (Lipinski definition) is 5. The van der Waals surface area contributed by atoms with Crippen molar-refractivity contribution < 1.29 is 4.79 Å². The van der Waals surface area contributed by atoms with Gasteiger partial charge in [-0.25, -0.2) is 4.79 Å². The first-order chi connectivity index (χ1) is 11.6. The zero-order valence-corrected chi connectivity index (χ0v) is 14.8. The van der Waals surface area contributed by atoms with E-state index in [1.165, 1.54) is 29.1 Å². The number of aromatic nitrogens is 3. The van der Waals surface area contributed by atoms with Crippen molar-refractivity contribution in [3.8, 4) is 0 Å². The Hall–Kier alpha value is -1.93. The Balaban J connectivity index is 1.50. The number of nitrogens with two attached hydrogens (primary N) is 1. The maximum Gasteiger partial charge on any atom is 0.312 e. The Labute approximate surface area is 145 Å². The van der Waals surface area contributed by atoms with Crippen LogP contribution in [0.1, 0.15) is 28.3 Å². The molecule has 8 heteroatoms. The zero-order chi connectivity index (χ0) is 16.9. The molecule has 0 aromatic carbocycles. The fourth-order valence-corrected chi connectivity index (χ4v) is 4.12. The fraction of sp³-hybridized carbons (Fsp3) is 0.562. The summed E-state index contributed by atoms with van der Waals surface area (Å²) in [5.41, 5.74) is 5.80. The lowest BCUT2D eigenvalue weighted by atomic mass is 9.98. The maximum absolute atomic E-state index is 10.7. The Bertz CT molecular complexity index is 682. The van der Waals surface area contributed by atoms with E-state index in [1.807, 2.05) is 22.2 Å². The zero-order valence-electron chi connectivity index (χ0n) is 13.9. The number of thiophene rings is 1. The monoisotopic (exact) mass is 348 g/mol. The van der Waals surface area contributed by atoms with Gasteiger partial charge in [0.25, 0.3) is 0 Å². The molecule has 0 saturated carbocycles. The number of nitrogens with zero attached hydrogens (tertiary/aromatic N) is 4. The number of nitrogens with one attached hydrogen (secondary N) is 1. The number of hydrogen-bond donors (Lipinski definition) is 2. The second kappa shape index (κ2) is 7.76. The van der Waals surface area contributed by atoms with E-state index >= 15 is 0 Å². The minimum atomic E-state index is -0.545. The number of primary amides is 1. The Morgan fingerprint density at radius 3 is 3.12 bits per heavy atom. The average Bonchev–Trinajstić information content (AvgIpc) is 3.15. The van der Waals surface area contributed by atoms with Gasteiger partial charge in [-0.05, 0) is 44.4 Å². The molecule has 1 atom stereocenters. The van der Waals surface area contributed by atoms with E-state index < -0.39 is 6.03 Å². The summed E-state index contributed by atoms with van der Waals surface area (Å²) in [4.78, 5) is 16.1. The SMILES string of the molecule is Cc1ccc(CN2CCCC(Cn3cc(CNC(N)=O)nn3)C2)s1. The van der Waals surface area contributed by atoms with E-state index in [1.54, 1.807) is 0 Å². The van der Waals surface area contributed by atoms with Crippen molar-refractivity contribution in [3.05, 3.63) is 33.8 Å². The second-order valence-electron chi connectivity index (χ2n) is 6.41. The number of urea groups is 1. The number of rotatable bonds is 6. The third-order valence-corrected chi connectivity index (χ3v) is 5.24. The standard InChI is InChI=1S/C16H24N6OS/c1-12-4-5-15(24-12)11-21-6-2-3-13(8-21)9-22-10-14(19-20-22)7-18-16(17)23/h4-5,10,13H,2-3,6-9,11H2,1H3,(H3,17,18,23). The van der Waals surface area contributed by atoms with E-state index in [0.29, 0.717) is 12.5 Å². The average molecular weight is 348 g/mol. The van der Waals surface area contributed by atoms with Crippen molar-refractivity contribution in [3.63, 3.8) is 0 Å². The molecular formula is C16H24N6OS. The number of aryl methyl sites for hydroxylation is 1. The summed E-state index contributed by atoms with van der Waals surface area (Å²) < 4.78 is 1.88. The molecule has 7 nitrogen and oxygen atoms in total. The van der Waals surface area contributed by atoms with Crippen molar-refractivity contribution in [1.29, 1.82) is 0 Å². The van der Waals surface area contributed by atoms with Crippen LogP contribution in [0.4, 0.5) is 4.79 Å². The van der Waals surface area contributed by atoms with Crippen molar-refractivity contribution in [2.75, 3.05) is 13.1 Å². The van der Waals surface area contributed by atoms with Gasteiger partial charge >= 0.3 is 6.03 Å². The summed E-state index contributed by atoms with van der Waals surface area (Å²) in [6.07, 6.45) is 4.33. The van der Waals surface area contributed by atoms with Crippen molar-refractivity contribution in [2.24, 2.45) is 11.7 Å². The van der Waals surface area contributed by atoms with Gasteiger partial charge in [-0.1, -0.05) is 5.21 Å². The Kier molecular flexibility index (Phi) is 5.47. The van der Waals surface area contributed by atoms with E-state index in [0.717, 1.165) is 25.3 Å². The predicted molar refractivity (Wildman–Crippen MR) is 93.5 cm³/mol. The van der Waals surface area contributed by atoms with Gasteiger partial charge in [0, 0.05) is 29.4 Å². The first-order valence-electron chi connectivity index (χ1n) is 8.28. The third kappa shape index (κ3) is 4.78. The molecule has 0 spiro atoms. The predicted octanol–water partition coefficient (Wildman–Crippen LogP) is 1.73. The maximum atomic E-state index is 10.7. The largest absolute Gasteiger partial charge is 0.352 e. The van der Waals surface area contributed by atoms with Crippen molar-refractivity contribution in [1.82, 2.24) is 25.2 Å². The summed E-state index contributed by atoms with van der Waals surface area (Å²) in [6, 6.07) is 3.88. The molecule has 1 fully saturated rings. The van der Waals surface area contributed by atoms with Gasteiger partial charge in [0.2, 0.25) is 0 Å². The minimum Gasteiger partial charge on any atom is -0.352 e. The molecule has 0 bridgehead atoms. The molecule has 130 valence electrons. The fourth-order valence-electron chi connectivity index (χ4n) is 3.19. The number of carbonyl (C=O) groups excluding carboxylic acids is 1. The van der Waals surface area contributed by atoms with Crippen LogP contribution in [0.3, 0.4) is 0 Å². The van der Waals surface area contributed by atoms with Gasteiger partial charge in [0.05, 0.1) is 12.7 Å². The molecule has 3 heterocycles. The molecule has 1 saturated heterocycles. The lowest BCUT2D eigenvalue weighted by Crippen LogP contribution is -2.36. The van der Waals surface area contributed by atoms with Crippen LogP contribution in [0.5, 0.6) is 0 Å². The lowest BCUT2D eigenvalue weighted by molar-refractivity contribution is 0.154. The molecule has 3 rings (SSSR count). The molecule has 24 heavy (non-hydrogen) atoms. The first-order valence-corrected chi connectivity index (χ1v) is 9.10. The van der Waals surface area contributed by atoms with Gasteiger partial charge in [0.15, 0.2) is 0 Å². The highest BCUT2D eigenvalue weighted by atomic mass is 32.1. The number of carbonyl (C=O) groups is 1. The van der Waals surface area contributed by atoms with Crippen LogP contribution < -0.4 is 11.1 Å². The smallest absolute Gasteiger partial charge is 0.312 e. The van der Waals surface area contributed by atoms with E-state index in [9.17, 15) is 4.79 Å². The molecule has 0 aliphatic carbocycles. The summed E-state index contributed by atoms with van der Waals surface area (Å²) in [5.74, 6) is 0.582. The van der Waals surface area contributed by atoms with Crippen LogP contribution in [0.15, 0.2) is 18.3 Å². The molecule has 2 aromatic heterocycles. The summed E-state index contributed by atoms with van der Waals surface area (Å²) in [5, 5.41) is 10.8. The van der Waals surface area contributed by atoms with Gasteiger partial charge in [-0.2, -0.15) is 0 Å². The lowest BCUT2D eigenvalue weighted by Gasteiger charge is -2.32. The van der Waals surface area contributed by atoms with Gasteiger partial charge in [-0.15, -0.1) is 16.4 Å². The molecule has 1 aliphatic heterocycles. The number of amides is 2. The van der Waals surface area contributed by atoms with Crippen molar-refractivity contribution in [2.45, 2.75) is 39.4 Å². The summed E-state index contributed by atoms with van der Waals surface area (Å²) in [6.45, 7) is 6.64. The summed E-state index contributed by atoms with van der Waals surface area (Å²) in [7, 11) is 0. The van der Waals surface area contributed by atoms with Crippen LogP contribution in [0.2, 0.25) is 0 Å². The molecule has 1 unspecified atom stereocenters. The highest BCUT2D eigenvalue weighted by Crippen LogP contribution is 2.23. The second-order valence-corrected chi connectivity index (χ2v) is 7.78. The van der Waals surface area contributed by atoms with Crippen molar-refractivity contribution >= 4 is 17.4 Å².